The summed E-state index contributed by atoms with van der Waals surface area (Å²) in [7, 11) is -17.0. The van der Waals surface area contributed by atoms with Gasteiger partial charge < -0.3 is 14.2 Å². The Labute approximate surface area is 414 Å². The number of rotatable bonds is 17. The van der Waals surface area contributed by atoms with Crippen molar-refractivity contribution < 1.29 is 66.6 Å². The van der Waals surface area contributed by atoms with E-state index >= 15 is 17.6 Å². The third kappa shape index (κ3) is 11.1. The first-order valence-corrected chi connectivity index (χ1v) is 26.8. The van der Waals surface area contributed by atoms with Crippen molar-refractivity contribution in [1.82, 2.24) is 4.13 Å². The van der Waals surface area contributed by atoms with Gasteiger partial charge in [-0.25, -0.2) is 47.6 Å². The SMILES string of the molecule is C=C(C)C(=O)OCCCC(=O)OCCS(=O)(=O)c1c(F)c(F)c(S(=O)(=O)NS(=O)(=O)c2ccccc2C2=c3cc/c(=C\c4c(C)cccc4C)cc3Oc3cc(Cc4c(C)cccc4C)ccc32)c(F)c1F. The minimum atomic E-state index is -6.14. The van der Waals surface area contributed by atoms with Crippen molar-refractivity contribution in [2.75, 3.05) is 19.0 Å². The number of benzene rings is 6. The molecule has 1 N–H and O–H groups in total. The monoisotopic (exact) mass is 1050 g/mol. The van der Waals surface area contributed by atoms with Gasteiger partial charge in [0.05, 0.1) is 17.3 Å². The van der Waals surface area contributed by atoms with Crippen LogP contribution < -0.4 is 19.3 Å². The zero-order valence-electron chi connectivity index (χ0n) is 39.5. The molecule has 0 aliphatic carbocycles. The second-order valence-corrected chi connectivity index (χ2v) is 22.7. The molecule has 0 atom stereocenters. The average Bonchev–Trinajstić information content (AvgIpc) is 3.30. The molecule has 19 heteroatoms. The van der Waals surface area contributed by atoms with Crippen LogP contribution in [0, 0.1) is 51.0 Å². The maximum atomic E-state index is 15.8. The predicted molar refractivity (Wildman–Crippen MR) is 260 cm³/mol. The quantitative estimate of drug-likeness (QED) is 0.0307. The normalized spacial score (nSPS) is 12.7. The Kier molecular flexibility index (Phi) is 15.5. The van der Waals surface area contributed by atoms with Crippen LogP contribution in [0.5, 0.6) is 11.5 Å². The van der Waals surface area contributed by atoms with Crippen molar-refractivity contribution in [1.29, 1.82) is 0 Å². The number of sulfone groups is 1. The first-order chi connectivity index (χ1) is 33.9. The molecule has 0 saturated heterocycles. The molecule has 0 aromatic heterocycles. The van der Waals surface area contributed by atoms with Gasteiger partial charge in [0.1, 0.15) is 23.0 Å². The molecular weight excluding hydrogens is 999 g/mol. The number of halogens is 4. The van der Waals surface area contributed by atoms with E-state index in [-0.39, 0.29) is 36.2 Å². The Morgan fingerprint density at radius 3 is 1.92 bits per heavy atom. The molecule has 0 bridgehead atoms. The minimum absolute atomic E-state index is 0.0589. The Balaban J connectivity index is 1.25. The molecule has 1 heterocycles. The summed E-state index contributed by atoms with van der Waals surface area (Å²) < 4.78 is 162. The van der Waals surface area contributed by atoms with Gasteiger partial charge in [0, 0.05) is 33.9 Å². The minimum Gasteiger partial charge on any atom is -0.465 e. The van der Waals surface area contributed by atoms with Crippen molar-refractivity contribution in [3.63, 3.8) is 0 Å². The highest BCUT2D eigenvalue weighted by Gasteiger charge is 2.40. The third-order valence-electron chi connectivity index (χ3n) is 11.8. The van der Waals surface area contributed by atoms with Gasteiger partial charge in [-0.2, -0.15) is 0 Å². The van der Waals surface area contributed by atoms with Crippen LogP contribution in [-0.2, 0) is 55.4 Å². The van der Waals surface area contributed by atoms with Crippen molar-refractivity contribution in [2.24, 2.45) is 0 Å². The molecule has 0 radical (unpaired) electrons. The maximum Gasteiger partial charge on any atom is 0.333 e. The molecule has 376 valence electrons. The van der Waals surface area contributed by atoms with Crippen LogP contribution in [0.4, 0.5) is 17.6 Å². The Morgan fingerprint density at radius 2 is 1.28 bits per heavy atom. The number of hydrogen-bond acceptors (Lipinski definition) is 11. The number of nitrogens with one attached hydrogen (secondary N) is 1. The second-order valence-electron chi connectivity index (χ2n) is 17.1. The van der Waals surface area contributed by atoms with E-state index in [1.54, 1.807) is 24.3 Å². The van der Waals surface area contributed by atoms with Gasteiger partial charge in [-0.3, -0.25) is 4.79 Å². The Hall–Kier alpha value is -6.93. The van der Waals surface area contributed by atoms with Gasteiger partial charge >= 0.3 is 11.9 Å². The van der Waals surface area contributed by atoms with Gasteiger partial charge in [0.2, 0.25) is 0 Å². The molecule has 12 nitrogen and oxygen atoms in total. The smallest absolute Gasteiger partial charge is 0.333 e. The van der Waals surface area contributed by atoms with Crippen LogP contribution >= 0.6 is 0 Å². The number of carbonyl (C=O) groups excluding carboxylic acids is 2. The zero-order chi connectivity index (χ0) is 52.4. The second kappa shape index (κ2) is 21.0. The maximum absolute atomic E-state index is 15.8. The average molecular weight is 1050 g/mol. The summed E-state index contributed by atoms with van der Waals surface area (Å²) in [6, 6.07) is 27.6. The van der Waals surface area contributed by atoms with Crippen LogP contribution in [0.25, 0.3) is 11.6 Å². The van der Waals surface area contributed by atoms with E-state index in [0.29, 0.717) is 28.7 Å². The molecular formula is C53H47F4NO11S3. The molecule has 7 rings (SSSR count). The third-order valence-corrected chi connectivity index (χ3v) is 17.1. The lowest BCUT2D eigenvalue weighted by Crippen LogP contribution is -2.34. The standard InChI is InChI=1S/C53H47F4NO11S3/c1-30(2)53(60)68-23-11-18-45(59)67-24-25-70(61,62)51-47(54)49(56)52(50(57)48(51)55)72(65,66)58-71(63,64)44-17-8-7-16-39(44)46-37-21-19-35(26-40-31(3)12-9-13-32(40)4)28-42(37)69-43-29-36(20-22-38(43)46)27-41-33(5)14-10-15-34(41)6/h7-10,12-17,19-22,26,28-29,58H,1,11,18,23-25,27H2,2-6H3/b35-26+. The van der Waals surface area contributed by atoms with Crippen molar-refractivity contribution in [3.8, 4) is 11.5 Å². The summed E-state index contributed by atoms with van der Waals surface area (Å²) in [5.74, 6) is -13.4. The summed E-state index contributed by atoms with van der Waals surface area (Å²) in [5.41, 5.74) is 7.69. The molecule has 6 aromatic carbocycles. The molecule has 6 aromatic rings. The van der Waals surface area contributed by atoms with Gasteiger partial charge in [-0.05, 0) is 122 Å². The summed E-state index contributed by atoms with van der Waals surface area (Å²) in [5, 5.41) is 1.11. The summed E-state index contributed by atoms with van der Waals surface area (Å²) >= 11 is 0. The van der Waals surface area contributed by atoms with E-state index in [4.69, 9.17) is 14.2 Å². The zero-order valence-corrected chi connectivity index (χ0v) is 41.9. The molecule has 0 unspecified atom stereocenters. The van der Waals surface area contributed by atoms with Crippen LogP contribution in [0.1, 0.15) is 69.8 Å². The number of hydrogen-bond donors (Lipinski definition) is 1. The lowest BCUT2D eigenvalue weighted by atomic mass is 9.90. The van der Waals surface area contributed by atoms with E-state index in [1.807, 2.05) is 82.3 Å². The number of esters is 2. The number of fused-ring (bicyclic) bond motifs is 2. The highest BCUT2D eigenvalue weighted by Crippen LogP contribution is 2.40. The molecule has 0 fully saturated rings. The predicted octanol–water partition coefficient (Wildman–Crippen LogP) is 8.13. The number of ether oxygens (including phenoxy) is 3. The molecule has 0 saturated carbocycles. The van der Waals surface area contributed by atoms with Crippen molar-refractivity contribution in [3.05, 3.63) is 193 Å². The molecule has 0 amide bonds. The van der Waals surface area contributed by atoms with Crippen molar-refractivity contribution >= 4 is 53.5 Å². The van der Waals surface area contributed by atoms with Gasteiger partial charge in [0.25, 0.3) is 20.0 Å². The fourth-order valence-electron chi connectivity index (χ4n) is 8.18. The first kappa shape index (κ1) is 52.9. The molecule has 1 aliphatic heterocycles. The topological polar surface area (TPSA) is 176 Å². The fraction of sp³-hybridized carbons (Fsp3) is 0.208. The number of aryl methyl sites for hydroxylation is 4. The Morgan fingerprint density at radius 1 is 0.667 bits per heavy atom. The summed E-state index contributed by atoms with van der Waals surface area (Å²) in [4.78, 5) is 18.1. The lowest BCUT2D eigenvalue weighted by molar-refractivity contribution is -0.145. The highest BCUT2D eigenvalue weighted by atomic mass is 32.3. The van der Waals surface area contributed by atoms with E-state index in [2.05, 4.69) is 6.58 Å². The van der Waals surface area contributed by atoms with Crippen LogP contribution in [-0.4, -0.2) is 56.2 Å². The summed E-state index contributed by atoms with van der Waals surface area (Å²) in [6.07, 6.45) is 2.03. The number of carbonyl (C=O) groups is 2. The van der Waals surface area contributed by atoms with E-state index in [0.717, 1.165) is 50.2 Å². The van der Waals surface area contributed by atoms with Crippen LogP contribution in [0.2, 0.25) is 0 Å². The molecule has 1 aliphatic rings. The van der Waals surface area contributed by atoms with Crippen molar-refractivity contribution in [2.45, 2.75) is 68.6 Å². The van der Waals surface area contributed by atoms with E-state index in [9.17, 15) is 34.8 Å². The summed E-state index contributed by atoms with van der Waals surface area (Å²) in [6.45, 7) is 11.4. The Bertz CT molecular complexity index is 3640. The van der Waals surface area contributed by atoms with Gasteiger partial charge in [-0.15, -0.1) is 4.13 Å². The largest absolute Gasteiger partial charge is 0.465 e. The lowest BCUT2D eigenvalue weighted by Gasteiger charge is -2.23. The van der Waals surface area contributed by atoms with E-state index in [1.165, 1.54) is 29.3 Å². The van der Waals surface area contributed by atoms with E-state index < -0.39 is 92.1 Å². The first-order valence-electron chi connectivity index (χ1n) is 22.2. The van der Waals surface area contributed by atoms with Crippen LogP contribution in [0.3, 0.4) is 0 Å². The van der Waals surface area contributed by atoms with Crippen LogP contribution in [0.15, 0.2) is 124 Å². The molecule has 72 heavy (non-hydrogen) atoms. The number of sulfonamides is 2. The highest BCUT2D eigenvalue weighted by molar-refractivity contribution is 8.04. The molecule has 0 spiro atoms. The fourth-order valence-corrected chi connectivity index (χ4v) is 12.6. The van der Waals surface area contributed by atoms with Gasteiger partial charge in [-0.1, -0.05) is 79.4 Å². The van der Waals surface area contributed by atoms with Gasteiger partial charge in [0.15, 0.2) is 38.0 Å².